The first-order valence-corrected chi connectivity index (χ1v) is 4.46. The zero-order chi connectivity index (χ0) is 10.3. The van der Waals surface area contributed by atoms with Gasteiger partial charge in [-0.3, -0.25) is 0 Å². The molecule has 0 aliphatic heterocycles. The van der Waals surface area contributed by atoms with Gasteiger partial charge < -0.3 is 15.5 Å². The van der Waals surface area contributed by atoms with Crippen molar-refractivity contribution in [1.82, 2.24) is 5.32 Å². The third-order valence-corrected chi connectivity index (χ3v) is 2.95. The van der Waals surface area contributed by atoms with Crippen molar-refractivity contribution in [1.29, 1.82) is 0 Å². The fourth-order valence-corrected chi connectivity index (χ4v) is 1.85. The van der Waals surface area contributed by atoms with E-state index in [0.29, 0.717) is 12.8 Å². The number of hydrogen-bond acceptors (Lipinski definition) is 2. The van der Waals surface area contributed by atoms with Gasteiger partial charge in [0.2, 0.25) is 0 Å². The first kappa shape index (κ1) is 10.3. The lowest BCUT2D eigenvalue weighted by Gasteiger charge is -2.53. The molecule has 76 valence electrons. The number of rotatable bonds is 1. The number of carbonyl (C=O) groups is 1. The Hall–Kier alpha value is -0.770. The van der Waals surface area contributed by atoms with Crippen LogP contribution in [0.25, 0.3) is 0 Å². The number of amides is 1. The molecular weight excluding hydrogens is 170 g/mol. The van der Waals surface area contributed by atoms with Gasteiger partial charge >= 0.3 is 6.09 Å². The molecule has 3 N–H and O–H groups in total. The Bertz CT molecular complexity index is 213. The van der Waals surface area contributed by atoms with E-state index in [9.17, 15) is 9.90 Å². The highest BCUT2D eigenvalue weighted by Gasteiger charge is 2.52. The van der Waals surface area contributed by atoms with Gasteiger partial charge in [0.05, 0.1) is 11.6 Å². The summed E-state index contributed by atoms with van der Waals surface area (Å²) in [6, 6.07) is 0. The summed E-state index contributed by atoms with van der Waals surface area (Å²) in [4.78, 5) is 10.6. The SMILES string of the molecule is CC(C)(C)[C@]1(NC(=O)O)C[C@H](O)C1. The average Bonchev–Trinajstić information content (AvgIpc) is 1.79. The quantitative estimate of drug-likeness (QED) is 0.577. The molecule has 0 saturated heterocycles. The highest BCUT2D eigenvalue weighted by molar-refractivity contribution is 5.66. The Morgan fingerprint density at radius 2 is 1.92 bits per heavy atom. The molecule has 0 atom stereocenters. The first-order valence-electron chi connectivity index (χ1n) is 4.46. The third kappa shape index (κ3) is 1.77. The van der Waals surface area contributed by atoms with Crippen LogP contribution in [0.3, 0.4) is 0 Å². The average molecular weight is 187 g/mol. The first-order chi connectivity index (χ1) is 5.77. The molecule has 0 aromatic carbocycles. The predicted octanol–water partition coefficient (Wildman–Crippen LogP) is 1.19. The van der Waals surface area contributed by atoms with E-state index in [1.165, 1.54) is 0 Å². The second-order valence-corrected chi connectivity index (χ2v) is 4.82. The summed E-state index contributed by atoms with van der Waals surface area (Å²) in [5.74, 6) is 0. The van der Waals surface area contributed by atoms with Crippen LogP contribution in [0, 0.1) is 5.41 Å². The molecule has 4 nitrogen and oxygen atoms in total. The van der Waals surface area contributed by atoms with Crippen molar-refractivity contribution in [3.05, 3.63) is 0 Å². The van der Waals surface area contributed by atoms with Crippen LogP contribution in [0.4, 0.5) is 4.79 Å². The Morgan fingerprint density at radius 1 is 1.46 bits per heavy atom. The Kier molecular flexibility index (Phi) is 2.28. The molecule has 0 radical (unpaired) electrons. The van der Waals surface area contributed by atoms with Gasteiger partial charge in [-0.15, -0.1) is 0 Å². The fourth-order valence-electron chi connectivity index (χ4n) is 1.85. The van der Waals surface area contributed by atoms with Crippen LogP contribution in [-0.2, 0) is 0 Å². The van der Waals surface area contributed by atoms with Crippen molar-refractivity contribution < 1.29 is 15.0 Å². The molecule has 1 amide bonds. The van der Waals surface area contributed by atoms with E-state index in [1.54, 1.807) is 0 Å². The topological polar surface area (TPSA) is 69.6 Å². The molecule has 1 saturated carbocycles. The van der Waals surface area contributed by atoms with E-state index < -0.39 is 11.6 Å². The molecule has 13 heavy (non-hydrogen) atoms. The standard InChI is InChI=1S/C9H17NO3/c1-8(2,3)9(10-7(12)13)4-6(11)5-9/h6,10-11H,4-5H2,1-3H3,(H,12,13)/t6-,9-. The van der Waals surface area contributed by atoms with Crippen molar-refractivity contribution >= 4 is 6.09 Å². The molecule has 0 unspecified atom stereocenters. The molecule has 1 aliphatic carbocycles. The van der Waals surface area contributed by atoms with Crippen molar-refractivity contribution in [3.63, 3.8) is 0 Å². The van der Waals surface area contributed by atoms with Crippen molar-refractivity contribution in [2.24, 2.45) is 5.41 Å². The van der Waals surface area contributed by atoms with E-state index in [4.69, 9.17) is 5.11 Å². The maximum absolute atomic E-state index is 10.6. The Labute approximate surface area is 78.0 Å². The van der Waals surface area contributed by atoms with Crippen LogP contribution in [0.1, 0.15) is 33.6 Å². The predicted molar refractivity (Wildman–Crippen MR) is 48.6 cm³/mol. The molecule has 0 spiro atoms. The van der Waals surface area contributed by atoms with E-state index >= 15 is 0 Å². The number of hydrogen-bond donors (Lipinski definition) is 3. The van der Waals surface area contributed by atoms with Gasteiger partial charge in [-0.05, 0) is 18.3 Å². The molecular formula is C9H17NO3. The molecule has 1 aliphatic rings. The molecule has 0 aromatic rings. The van der Waals surface area contributed by atoms with E-state index in [0.717, 1.165) is 0 Å². The second kappa shape index (κ2) is 2.87. The Balaban J connectivity index is 2.73. The third-order valence-electron chi connectivity index (χ3n) is 2.95. The molecule has 0 aromatic heterocycles. The van der Waals surface area contributed by atoms with E-state index in [-0.39, 0.29) is 11.5 Å². The summed E-state index contributed by atoms with van der Waals surface area (Å²) < 4.78 is 0. The van der Waals surface area contributed by atoms with Gasteiger partial charge in [0.1, 0.15) is 0 Å². The zero-order valence-corrected chi connectivity index (χ0v) is 8.29. The van der Waals surface area contributed by atoms with Crippen LogP contribution in [0.15, 0.2) is 0 Å². The minimum atomic E-state index is -1.01. The van der Waals surface area contributed by atoms with Gasteiger partial charge in [0, 0.05) is 0 Å². The summed E-state index contributed by atoms with van der Waals surface area (Å²) in [5.41, 5.74) is -0.594. The molecule has 1 fully saturated rings. The maximum atomic E-state index is 10.6. The van der Waals surface area contributed by atoms with Crippen LogP contribution < -0.4 is 5.32 Å². The van der Waals surface area contributed by atoms with Crippen LogP contribution in [-0.4, -0.2) is 27.9 Å². The van der Waals surface area contributed by atoms with Crippen molar-refractivity contribution in [3.8, 4) is 0 Å². The number of aliphatic hydroxyl groups excluding tert-OH is 1. The molecule has 4 heteroatoms. The van der Waals surface area contributed by atoms with Gasteiger partial charge in [-0.1, -0.05) is 20.8 Å². The number of aliphatic hydroxyl groups is 1. The summed E-state index contributed by atoms with van der Waals surface area (Å²) in [6.45, 7) is 5.94. The lowest BCUT2D eigenvalue weighted by molar-refractivity contribution is -0.0528. The van der Waals surface area contributed by atoms with Gasteiger partial charge in [-0.2, -0.15) is 0 Å². The van der Waals surface area contributed by atoms with E-state index in [2.05, 4.69) is 5.32 Å². The highest BCUT2D eigenvalue weighted by Crippen LogP contribution is 2.45. The summed E-state index contributed by atoms with van der Waals surface area (Å²) >= 11 is 0. The van der Waals surface area contributed by atoms with Gasteiger partial charge in [0.15, 0.2) is 0 Å². The fraction of sp³-hybridized carbons (Fsp3) is 0.889. The normalized spacial score (nSPS) is 33.7. The van der Waals surface area contributed by atoms with Gasteiger partial charge in [0.25, 0.3) is 0 Å². The minimum Gasteiger partial charge on any atom is -0.465 e. The smallest absolute Gasteiger partial charge is 0.405 e. The minimum absolute atomic E-state index is 0.148. The van der Waals surface area contributed by atoms with Crippen molar-refractivity contribution in [2.45, 2.75) is 45.3 Å². The summed E-state index contributed by atoms with van der Waals surface area (Å²) in [6.07, 6.45) is -0.334. The van der Waals surface area contributed by atoms with Gasteiger partial charge in [-0.25, -0.2) is 4.79 Å². The number of nitrogens with one attached hydrogen (secondary N) is 1. The van der Waals surface area contributed by atoms with Crippen LogP contribution in [0.5, 0.6) is 0 Å². The second-order valence-electron chi connectivity index (χ2n) is 4.82. The zero-order valence-electron chi connectivity index (χ0n) is 8.29. The molecule has 1 rings (SSSR count). The lowest BCUT2D eigenvalue weighted by Crippen LogP contribution is -2.66. The number of carboxylic acid groups (broad SMARTS) is 1. The summed E-state index contributed by atoms with van der Waals surface area (Å²) in [7, 11) is 0. The van der Waals surface area contributed by atoms with Crippen LogP contribution in [0.2, 0.25) is 0 Å². The van der Waals surface area contributed by atoms with Crippen LogP contribution >= 0.6 is 0 Å². The monoisotopic (exact) mass is 187 g/mol. The molecule has 0 bridgehead atoms. The lowest BCUT2D eigenvalue weighted by atomic mass is 9.60. The largest absolute Gasteiger partial charge is 0.465 e. The van der Waals surface area contributed by atoms with E-state index in [1.807, 2.05) is 20.8 Å². The Morgan fingerprint density at radius 3 is 2.15 bits per heavy atom. The highest BCUT2D eigenvalue weighted by atomic mass is 16.4. The van der Waals surface area contributed by atoms with Crippen molar-refractivity contribution in [2.75, 3.05) is 0 Å². The summed E-state index contributed by atoms with van der Waals surface area (Å²) in [5, 5.41) is 20.4. The molecule has 0 heterocycles. The maximum Gasteiger partial charge on any atom is 0.405 e.